The Kier molecular flexibility index (Phi) is 4.42. The fourth-order valence-electron chi connectivity index (χ4n) is 3.35. The van der Waals surface area contributed by atoms with Crippen LogP contribution in [-0.4, -0.2) is 53.5 Å². The van der Waals surface area contributed by atoms with Crippen LogP contribution in [0.25, 0.3) is 5.65 Å². The van der Waals surface area contributed by atoms with Gasteiger partial charge >= 0.3 is 0 Å². The molecule has 0 aliphatic carbocycles. The summed E-state index contributed by atoms with van der Waals surface area (Å²) in [6.45, 7) is 2.71. The minimum atomic E-state index is -0.0895. The molecule has 1 fully saturated rings. The summed E-state index contributed by atoms with van der Waals surface area (Å²) >= 11 is 6.24. The number of carbonyl (C=O) groups excluding carboxylic acids is 1. The van der Waals surface area contributed by atoms with Crippen molar-refractivity contribution >= 4 is 28.8 Å². The zero-order chi connectivity index (χ0) is 18.1. The molecule has 0 N–H and O–H groups in total. The van der Waals surface area contributed by atoms with E-state index in [1.165, 1.54) is 0 Å². The molecule has 134 valence electrons. The van der Waals surface area contributed by atoms with Crippen molar-refractivity contribution in [1.82, 2.24) is 14.3 Å². The van der Waals surface area contributed by atoms with E-state index in [1.54, 1.807) is 11.5 Å². The second-order valence-corrected chi connectivity index (χ2v) is 6.49. The first-order valence-corrected chi connectivity index (χ1v) is 8.86. The number of rotatable bonds is 3. The number of pyridine rings is 1. The molecular formula is C19H19ClN4O2. The van der Waals surface area contributed by atoms with Crippen molar-refractivity contribution in [2.75, 3.05) is 38.2 Å². The summed E-state index contributed by atoms with van der Waals surface area (Å²) in [7, 11) is 1.67. The van der Waals surface area contributed by atoms with Gasteiger partial charge in [0.15, 0.2) is 10.8 Å². The number of hydrogen-bond donors (Lipinski definition) is 0. The van der Waals surface area contributed by atoms with Gasteiger partial charge in [0.25, 0.3) is 5.91 Å². The van der Waals surface area contributed by atoms with Crippen LogP contribution < -0.4 is 9.64 Å². The molecule has 7 heteroatoms. The third-order valence-corrected chi connectivity index (χ3v) is 4.95. The SMILES string of the molecule is COc1ccccc1N1CCN(C(=O)c2c(Cl)nc3ccccn23)CC1. The van der Waals surface area contributed by atoms with Crippen molar-refractivity contribution in [1.29, 1.82) is 0 Å². The van der Waals surface area contributed by atoms with Gasteiger partial charge < -0.3 is 14.5 Å². The van der Waals surface area contributed by atoms with Crippen molar-refractivity contribution in [3.63, 3.8) is 0 Å². The molecule has 0 bridgehead atoms. The molecule has 4 rings (SSSR count). The Bertz CT molecular complexity index is 948. The molecule has 0 spiro atoms. The van der Waals surface area contributed by atoms with Crippen LogP contribution in [0.4, 0.5) is 5.69 Å². The van der Waals surface area contributed by atoms with Gasteiger partial charge in [-0.2, -0.15) is 0 Å². The maximum Gasteiger partial charge on any atom is 0.274 e. The van der Waals surface area contributed by atoms with Crippen LogP contribution in [0, 0.1) is 0 Å². The molecule has 1 aliphatic heterocycles. The molecule has 6 nitrogen and oxygen atoms in total. The van der Waals surface area contributed by atoms with E-state index < -0.39 is 0 Å². The number of amides is 1. The van der Waals surface area contributed by atoms with Crippen molar-refractivity contribution in [3.05, 3.63) is 59.5 Å². The smallest absolute Gasteiger partial charge is 0.274 e. The average molecular weight is 371 g/mol. The Hall–Kier alpha value is -2.73. The first-order chi connectivity index (χ1) is 12.7. The van der Waals surface area contributed by atoms with Gasteiger partial charge in [0.05, 0.1) is 12.8 Å². The predicted molar refractivity (Wildman–Crippen MR) is 101 cm³/mol. The minimum Gasteiger partial charge on any atom is -0.495 e. The first-order valence-electron chi connectivity index (χ1n) is 8.49. The molecule has 0 unspecified atom stereocenters. The van der Waals surface area contributed by atoms with Crippen molar-refractivity contribution < 1.29 is 9.53 Å². The number of fused-ring (bicyclic) bond motifs is 1. The molecule has 1 saturated heterocycles. The lowest BCUT2D eigenvalue weighted by atomic mass is 10.2. The fourth-order valence-corrected chi connectivity index (χ4v) is 3.61. The summed E-state index contributed by atoms with van der Waals surface area (Å²) in [4.78, 5) is 21.3. The summed E-state index contributed by atoms with van der Waals surface area (Å²) in [6.07, 6.45) is 1.81. The minimum absolute atomic E-state index is 0.0895. The van der Waals surface area contributed by atoms with Gasteiger partial charge in [-0.1, -0.05) is 29.8 Å². The monoisotopic (exact) mass is 370 g/mol. The molecule has 3 heterocycles. The van der Waals surface area contributed by atoms with Gasteiger partial charge in [-0.15, -0.1) is 0 Å². The molecule has 0 saturated carbocycles. The average Bonchev–Trinajstić information content (AvgIpc) is 3.03. The molecule has 0 radical (unpaired) electrons. The Morgan fingerprint density at radius 3 is 2.58 bits per heavy atom. The Morgan fingerprint density at radius 2 is 1.81 bits per heavy atom. The van der Waals surface area contributed by atoms with Gasteiger partial charge in [-0.3, -0.25) is 9.20 Å². The molecule has 1 aliphatic rings. The summed E-state index contributed by atoms with van der Waals surface area (Å²) in [5.41, 5.74) is 2.15. The van der Waals surface area contributed by atoms with E-state index in [0.29, 0.717) is 24.4 Å². The number of piperazine rings is 1. The number of hydrogen-bond acceptors (Lipinski definition) is 4. The van der Waals surface area contributed by atoms with Gasteiger partial charge in [0.2, 0.25) is 0 Å². The Labute approximate surface area is 156 Å². The quantitative estimate of drug-likeness (QED) is 0.711. The van der Waals surface area contributed by atoms with Crippen LogP contribution in [0.2, 0.25) is 5.15 Å². The highest BCUT2D eigenvalue weighted by Gasteiger charge is 2.27. The highest BCUT2D eigenvalue weighted by Crippen LogP contribution is 2.29. The number of para-hydroxylation sites is 2. The van der Waals surface area contributed by atoms with Gasteiger partial charge in [0, 0.05) is 32.4 Å². The summed E-state index contributed by atoms with van der Waals surface area (Å²) < 4.78 is 7.19. The van der Waals surface area contributed by atoms with Gasteiger partial charge in [0.1, 0.15) is 11.4 Å². The number of anilines is 1. The van der Waals surface area contributed by atoms with Crippen LogP contribution in [0.1, 0.15) is 10.5 Å². The highest BCUT2D eigenvalue weighted by molar-refractivity contribution is 6.32. The van der Waals surface area contributed by atoms with E-state index in [0.717, 1.165) is 24.5 Å². The molecule has 0 atom stereocenters. The lowest BCUT2D eigenvalue weighted by Crippen LogP contribution is -2.49. The first kappa shape index (κ1) is 16.7. The lowest BCUT2D eigenvalue weighted by molar-refractivity contribution is 0.0740. The number of carbonyl (C=O) groups is 1. The van der Waals surface area contributed by atoms with Crippen molar-refractivity contribution in [2.24, 2.45) is 0 Å². The molecule has 1 amide bonds. The second kappa shape index (κ2) is 6.88. The molecular weight excluding hydrogens is 352 g/mol. The van der Waals surface area contributed by atoms with Crippen molar-refractivity contribution in [3.8, 4) is 5.75 Å². The molecule has 3 aromatic rings. The zero-order valence-electron chi connectivity index (χ0n) is 14.4. The van der Waals surface area contributed by atoms with Crippen LogP contribution in [0.3, 0.4) is 0 Å². The molecule has 1 aromatic carbocycles. The highest BCUT2D eigenvalue weighted by atomic mass is 35.5. The number of nitrogens with zero attached hydrogens (tertiary/aromatic N) is 4. The molecule has 26 heavy (non-hydrogen) atoms. The van der Waals surface area contributed by atoms with Gasteiger partial charge in [-0.05, 0) is 24.3 Å². The van der Waals surface area contributed by atoms with Crippen LogP contribution in [0.15, 0.2) is 48.7 Å². The van der Waals surface area contributed by atoms with E-state index >= 15 is 0 Å². The zero-order valence-corrected chi connectivity index (χ0v) is 15.2. The maximum absolute atomic E-state index is 13.0. The van der Waals surface area contributed by atoms with Gasteiger partial charge in [-0.25, -0.2) is 4.98 Å². The number of ether oxygens (including phenoxy) is 1. The summed E-state index contributed by atoms with van der Waals surface area (Å²) in [6, 6.07) is 13.5. The van der Waals surface area contributed by atoms with Crippen LogP contribution in [-0.2, 0) is 0 Å². The topological polar surface area (TPSA) is 50.1 Å². The van der Waals surface area contributed by atoms with Crippen LogP contribution in [0.5, 0.6) is 5.75 Å². The van der Waals surface area contributed by atoms with E-state index in [9.17, 15) is 4.79 Å². The Balaban J connectivity index is 1.53. The number of methoxy groups -OCH3 is 1. The lowest BCUT2D eigenvalue weighted by Gasteiger charge is -2.36. The number of imidazole rings is 1. The third-order valence-electron chi connectivity index (χ3n) is 4.68. The van der Waals surface area contributed by atoms with Crippen LogP contribution >= 0.6 is 11.6 Å². The summed E-state index contributed by atoms with van der Waals surface area (Å²) in [5, 5.41) is 0.244. The number of aromatic nitrogens is 2. The molecule has 2 aromatic heterocycles. The number of benzene rings is 1. The van der Waals surface area contributed by atoms with Crippen molar-refractivity contribution in [2.45, 2.75) is 0 Å². The normalized spacial score (nSPS) is 14.7. The third kappa shape index (κ3) is 2.86. The van der Waals surface area contributed by atoms with E-state index in [-0.39, 0.29) is 11.1 Å². The van der Waals surface area contributed by atoms with E-state index in [1.807, 2.05) is 53.6 Å². The van der Waals surface area contributed by atoms with E-state index in [4.69, 9.17) is 16.3 Å². The number of halogens is 1. The fraction of sp³-hybridized carbons (Fsp3) is 0.263. The Morgan fingerprint density at radius 1 is 1.08 bits per heavy atom. The summed E-state index contributed by atoms with van der Waals surface area (Å²) in [5.74, 6) is 0.755. The standard InChI is InChI=1S/C19H19ClN4O2/c1-26-15-7-3-2-6-14(15)22-10-12-23(13-11-22)19(25)17-18(20)21-16-8-4-5-9-24(16)17/h2-9H,10-13H2,1H3. The van der Waals surface area contributed by atoms with E-state index in [2.05, 4.69) is 9.88 Å². The second-order valence-electron chi connectivity index (χ2n) is 6.13. The predicted octanol–water partition coefficient (Wildman–Crippen LogP) is 2.96. The maximum atomic E-state index is 13.0. The largest absolute Gasteiger partial charge is 0.495 e.